The number of hydrogen-bond donors (Lipinski definition) is 1. The molecule has 0 atom stereocenters. The van der Waals surface area contributed by atoms with Crippen LogP contribution < -0.4 is 5.32 Å². The van der Waals surface area contributed by atoms with Gasteiger partial charge in [0.15, 0.2) is 0 Å². The van der Waals surface area contributed by atoms with E-state index in [-0.39, 0.29) is 18.2 Å². The summed E-state index contributed by atoms with van der Waals surface area (Å²) < 4.78 is 4.99. The fraction of sp³-hybridized carbons (Fsp3) is 0.500. The summed E-state index contributed by atoms with van der Waals surface area (Å²) in [7, 11) is 0. The zero-order valence-electron chi connectivity index (χ0n) is 10.6. The molecule has 0 bridgehead atoms. The highest BCUT2D eigenvalue weighted by molar-refractivity contribution is 7.16. The number of alkyl halides is 1. The van der Waals surface area contributed by atoms with Crippen LogP contribution in [-0.4, -0.2) is 24.4 Å². The molecule has 1 heterocycles. The number of anilines is 1. The van der Waals surface area contributed by atoms with Gasteiger partial charge in [0, 0.05) is 17.2 Å². The Kier molecular flexibility index (Phi) is 5.62. The molecule has 0 radical (unpaired) electrons. The molecule has 0 aliphatic rings. The van der Waals surface area contributed by atoms with Crippen LogP contribution in [0.15, 0.2) is 0 Å². The fourth-order valence-corrected chi connectivity index (χ4v) is 2.68. The van der Waals surface area contributed by atoms with E-state index in [0.29, 0.717) is 17.2 Å². The summed E-state index contributed by atoms with van der Waals surface area (Å²) in [6, 6.07) is 0. The zero-order chi connectivity index (χ0) is 13.7. The van der Waals surface area contributed by atoms with Crippen LogP contribution in [0, 0.1) is 13.8 Å². The van der Waals surface area contributed by atoms with Crippen molar-refractivity contribution in [1.82, 2.24) is 0 Å². The predicted octanol–water partition coefficient (Wildman–Crippen LogP) is 3.11. The topological polar surface area (TPSA) is 55.4 Å². The number of ether oxygens (including phenoxy) is 1. The molecule has 6 heteroatoms. The van der Waals surface area contributed by atoms with Crippen LogP contribution >= 0.6 is 22.9 Å². The number of rotatable bonds is 5. The normalized spacial score (nSPS) is 10.2. The minimum Gasteiger partial charge on any atom is -0.462 e. The van der Waals surface area contributed by atoms with Gasteiger partial charge in [0.05, 0.1) is 12.2 Å². The minimum atomic E-state index is -0.402. The third-order valence-electron chi connectivity index (χ3n) is 2.44. The first kappa shape index (κ1) is 15.0. The molecule has 0 aromatic carbocycles. The third kappa shape index (κ3) is 3.46. The van der Waals surface area contributed by atoms with Gasteiger partial charge in [-0.15, -0.1) is 22.9 Å². The zero-order valence-corrected chi connectivity index (χ0v) is 12.2. The van der Waals surface area contributed by atoms with Crippen LogP contribution in [0.2, 0.25) is 0 Å². The maximum atomic E-state index is 11.8. The Morgan fingerprint density at radius 2 is 2.06 bits per heavy atom. The molecule has 100 valence electrons. The van der Waals surface area contributed by atoms with Gasteiger partial charge in [0.25, 0.3) is 0 Å². The Bertz CT molecular complexity index is 456. The van der Waals surface area contributed by atoms with E-state index in [9.17, 15) is 9.59 Å². The molecule has 0 aliphatic heterocycles. The summed E-state index contributed by atoms with van der Waals surface area (Å²) >= 11 is 6.88. The van der Waals surface area contributed by atoms with Gasteiger partial charge < -0.3 is 10.1 Å². The summed E-state index contributed by atoms with van der Waals surface area (Å²) in [4.78, 5) is 24.4. The van der Waals surface area contributed by atoms with Crippen molar-refractivity contribution >= 4 is 39.8 Å². The second-order valence-corrected chi connectivity index (χ2v) is 5.30. The lowest BCUT2D eigenvalue weighted by Crippen LogP contribution is -2.14. The number of thiophene rings is 1. The predicted molar refractivity (Wildman–Crippen MR) is 73.7 cm³/mol. The molecule has 0 aliphatic carbocycles. The fourth-order valence-electron chi connectivity index (χ4n) is 1.44. The van der Waals surface area contributed by atoms with Crippen LogP contribution in [0.1, 0.15) is 34.1 Å². The first-order valence-corrected chi connectivity index (χ1v) is 6.99. The van der Waals surface area contributed by atoms with E-state index in [2.05, 4.69) is 5.32 Å². The van der Waals surface area contributed by atoms with Crippen molar-refractivity contribution < 1.29 is 14.3 Å². The number of hydrogen-bond acceptors (Lipinski definition) is 4. The first-order valence-electron chi connectivity index (χ1n) is 5.64. The maximum absolute atomic E-state index is 11.8. The monoisotopic (exact) mass is 289 g/mol. The van der Waals surface area contributed by atoms with E-state index >= 15 is 0 Å². The highest BCUT2D eigenvalue weighted by atomic mass is 35.5. The van der Waals surface area contributed by atoms with Crippen molar-refractivity contribution in [1.29, 1.82) is 0 Å². The molecule has 0 unspecified atom stereocenters. The quantitative estimate of drug-likeness (QED) is 0.669. The molecule has 1 aromatic rings. The van der Waals surface area contributed by atoms with E-state index in [0.717, 1.165) is 10.4 Å². The number of aryl methyl sites for hydroxylation is 1. The largest absolute Gasteiger partial charge is 0.462 e. The molecular weight excluding hydrogens is 274 g/mol. The molecule has 1 aromatic heterocycles. The lowest BCUT2D eigenvalue weighted by atomic mass is 10.1. The van der Waals surface area contributed by atoms with Crippen molar-refractivity contribution in [2.75, 3.05) is 17.8 Å². The first-order chi connectivity index (χ1) is 8.51. The van der Waals surface area contributed by atoms with Crippen molar-refractivity contribution in [3.63, 3.8) is 0 Å². The van der Waals surface area contributed by atoms with Crippen LogP contribution in [0.3, 0.4) is 0 Å². The molecule has 0 saturated heterocycles. The lowest BCUT2D eigenvalue weighted by Gasteiger charge is -2.06. The van der Waals surface area contributed by atoms with Gasteiger partial charge in [-0.25, -0.2) is 4.79 Å². The Hall–Kier alpha value is -1.07. The number of amides is 1. The lowest BCUT2D eigenvalue weighted by molar-refractivity contribution is -0.115. The summed E-state index contributed by atoms with van der Waals surface area (Å²) in [5.41, 5.74) is 1.29. The van der Waals surface area contributed by atoms with Crippen LogP contribution in [0.5, 0.6) is 0 Å². The van der Waals surface area contributed by atoms with Gasteiger partial charge >= 0.3 is 5.97 Å². The number of esters is 1. The Morgan fingerprint density at radius 3 is 2.61 bits per heavy atom. The minimum absolute atomic E-state index is 0.197. The molecular formula is C12H16ClNO3S. The molecule has 0 saturated carbocycles. The molecule has 0 spiro atoms. The summed E-state index contributed by atoms with van der Waals surface area (Å²) in [5, 5.41) is 3.25. The van der Waals surface area contributed by atoms with E-state index in [1.807, 2.05) is 13.8 Å². The third-order valence-corrected chi connectivity index (χ3v) is 3.75. The Morgan fingerprint density at radius 1 is 1.39 bits per heavy atom. The Balaban J connectivity index is 3.00. The van der Waals surface area contributed by atoms with Gasteiger partial charge in [0.2, 0.25) is 5.91 Å². The van der Waals surface area contributed by atoms with E-state index in [1.165, 1.54) is 11.3 Å². The van der Waals surface area contributed by atoms with Crippen LogP contribution in [-0.2, 0) is 9.53 Å². The number of nitrogens with one attached hydrogen (secondary N) is 1. The molecule has 1 amide bonds. The summed E-state index contributed by atoms with van der Waals surface area (Å²) in [5.74, 6) is -0.346. The smallest absolute Gasteiger partial charge is 0.341 e. The highest BCUT2D eigenvalue weighted by Crippen LogP contribution is 2.33. The number of carbonyl (C=O) groups is 2. The number of halogens is 1. The van der Waals surface area contributed by atoms with Crippen LogP contribution in [0.4, 0.5) is 5.00 Å². The van der Waals surface area contributed by atoms with Gasteiger partial charge in [0.1, 0.15) is 5.00 Å². The van der Waals surface area contributed by atoms with Gasteiger partial charge in [-0.3, -0.25) is 4.79 Å². The molecule has 0 fully saturated rings. The molecule has 4 nitrogen and oxygen atoms in total. The maximum Gasteiger partial charge on any atom is 0.341 e. The average molecular weight is 290 g/mol. The van der Waals surface area contributed by atoms with Gasteiger partial charge in [-0.2, -0.15) is 0 Å². The second-order valence-electron chi connectivity index (χ2n) is 3.70. The summed E-state index contributed by atoms with van der Waals surface area (Å²) in [6.07, 6.45) is 0.222. The second kappa shape index (κ2) is 6.75. The van der Waals surface area contributed by atoms with Crippen LogP contribution in [0.25, 0.3) is 0 Å². The molecule has 1 rings (SSSR count). The van der Waals surface area contributed by atoms with E-state index in [4.69, 9.17) is 16.3 Å². The Labute approximate surface area is 115 Å². The standard InChI is InChI=1S/C12H16ClNO3S/c1-4-17-12(16)10-7(2)8(3)18-11(10)14-9(15)5-6-13/h4-6H2,1-3H3,(H,14,15). The van der Waals surface area contributed by atoms with E-state index < -0.39 is 5.97 Å². The van der Waals surface area contributed by atoms with Crippen molar-refractivity contribution in [3.8, 4) is 0 Å². The van der Waals surface area contributed by atoms with Gasteiger partial charge in [-0.1, -0.05) is 0 Å². The van der Waals surface area contributed by atoms with Gasteiger partial charge in [-0.05, 0) is 26.3 Å². The average Bonchev–Trinajstić information content (AvgIpc) is 2.55. The highest BCUT2D eigenvalue weighted by Gasteiger charge is 2.21. The molecule has 18 heavy (non-hydrogen) atoms. The van der Waals surface area contributed by atoms with E-state index in [1.54, 1.807) is 6.92 Å². The van der Waals surface area contributed by atoms with Crippen molar-refractivity contribution in [3.05, 3.63) is 16.0 Å². The number of carbonyl (C=O) groups excluding carboxylic acids is 2. The molecule has 1 N–H and O–H groups in total. The van der Waals surface area contributed by atoms with Crippen molar-refractivity contribution in [2.45, 2.75) is 27.2 Å². The van der Waals surface area contributed by atoms with Crippen molar-refractivity contribution in [2.24, 2.45) is 0 Å². The summed E-state index contributed by atoms with van der Waals surface area (Å²) in [6.45, 7) is 5.80. The SMILES string of the molecule is CCOC(=O)c1c(NC(=O)CCCl)sc(C)c1C.